The van der Waals surface area contributed by atoms with Crippen LogP contribution in [0.3, 0.4) is 0 Å². The molecule has 2 aromatic heterocycles. The van der Waals surface area contributed by atoms with E-state index in [0.29, 0.717) is 17.2 Å². The molecule has 0 radical (unpaired) electrons. The second-order valence-corrected chi connectivity index (χ2v) is 9.03. The van der Waals surface area contributed by atoms with Gasteiger partial charge in [-0.25, -0.2) is 13.4 Å². The van der Waals surface area contributed by atoms with Gasteiger partial charge in [-0.2, -0.15) is 4.98 Å². The highest BCUT2D eigenvalue weighted by Gasteiger charge is 2.21. The number of benzene rings is 1. The summed E-state index contributed by atoms with van der Waals surface area (Å²) in [6.45, 7) is 0. The van der Waals surface area contributed by atoms with Crippen LogP contribution in [0.5, 0.6) is 0 Å². The van der Waals surface area contributed by atoms with Crippen molar-refractivity contribution in [3.05, 3.63) is 42.7 Å². The molecule has 2 N–H and O–H groups in total. The predicted octanol–water partition coefficient (Wildman–Crippen LogP) is 2.54. The van der Waals surface area contributed by atoms with Crippen LogP contribution in [0.15, 0.2) is 47.6 Å². The minimum absolute atomic E-state index is 0.212. The van der Waals surface area contributed by atoms with E-state index in [4.69, 9.17) is 0 Å². The number of nitrogens with one attached hydrogen (secondary N) is 1. The van der Waals surface area contributed by atoms with Crippen LogP contribution in [0, 0.1) is 0 Å². The number of para-hydroxylation sites is 1. The number of aliphatic hydroxyl groups excluding tert-OH is 1. The second kappa shape index (κ2) is 6.94. The fourth-order valence-corrected chi connectivity index (χ4v) is 4.46. The molecule has 0 unspecified atom stereocenters. The quantitative estimate of drug-likeness (QED) is 0.715. The molecule has 3 aromatic rings. The van der Waals surface area contributed by atoms with Crippen LogP contribution < -0.4 is 5.32 Å². The maximum Gasteiger partial charge on any atom is 0.224 e. The summed E-state index contributed by atoms with van der Waals surface area (Å²) in [5, 5.41) is 13.7. The zero-order valence-electron chi connectivity index (χ0n) is 15.0. The third-order valence-electron chi connectivity index (χ3n) is 4.99. The minimum Gasteiger partial charge on any atom is -0.393 e. The van der Waals surface area contributed by atoms with Gasteiger partial charge >= 0.3 is 0 Å². The van der Waals surface area contributed by atoms with Crippen LogP contribution in [0.4, 0.5) is 5.95 Å². The lowest BCUT2D eigenvalue weighted by Gasteiger charge is -2.26. The normalized spacial score (nSPS) is 20.7. The molecule has 1 saturated carbocycles. The average Bonchev–Trinajstić information content (AvgIpc) is 3.04. The lowest BCUT2D eigenvalue weighted by molar-refractivity contribution is 0.126. The third kappa shape index (κ3) is 3.68. The first kappa shape index (κ1) is 17.9. The number of hydrogen-bond acceptors (Lipinski definition) is 6. The summed E-state index contributed by atoms with van der Waals surface area (Å²) < 4.78 is 26.1. The van der Waals surface area contributed by atoms with E-state index in [-0.39, 0.29) is 17.0 Å². The van der Waals surface area contributed by atoms with E-state index >= 15 is 0 Å². The monoisotopic (exact) mass is 386 g/mol. The molecule has 0 atom stereocenters. The Morgan fingerprint density at radius 2 is 1.89 bits per heavy atom. The second-order valence-electron chi connectivity index (χ2n) is 7.04. The molecule has 142 valence electrons. The van der Waals surface area contributed by atoms with E-state index in [0.717, 1.165) is 31.2 Å². The molecule has 0 bridgehead atoms. The van der Waals surface area contributed by atoms with Crippen molar-refractivity contribution in [1.29, 1.82) is 0 Å². The molecule has 0 spiro atoms. The van der Waals surface area contributed by atoms with Crippen LogP contribution >= 0.6 is 0 Å². The summed E-state index contributed by atoms with van der Waals surface area (Å²) in [4.78, 5) is 9.17. The van der Waals surface area contributed by atoms with E-state index < -0.39 is 9.84 Å². The van der Waals surface area contributed by atoms with Crippen LogP contribution in [0.2, 0.25) is 0 Å². The van der Waals surface area contributed by atoms with Crippen LogP contribution in [-0.4, -0.2) is 46.5 Å². The Hall–Kier alpha value is -2.45. The number of fused-ring (bicyclic) bond motifs is 1. The first-order valence-corrected chi connectivity index (χ1v) is 10.9. The van der Waals surface area contributed by atoms with Gasteiger partial charge in [-0.15, -0.1) is 0 Å². The van der Waals surface area contributed by atoms with Gasteiger partial charge in [0.2, 0.25) is 5.95 Å². The van der Waals surface area contributed by atoms with E-state index in [2.05, 4.69) is 15.3 Å². The molecule has 0 saturated heterocycles. The van der Waals surface area contributed by atoms with E-state index in [1.54, 1.807) is 29.1 Å². The number of aromatic nitrogens is 3. The zero-order valence-corrected chi connectivity index (χ0v) is 15.9. The molecular weight excluding hydrogens is 364 g/mol. The van der Waals surface area contributed by atoms with Crippen molar-refractivity contribution in [2.75, 3.05) is 11.6 Å². The lowest BCUT2D eigenvalue weighted by Crippen LogP contribution is -2.29. The van der Waals surface area contributed by atoms with Gasteiger partial charge < -0.3 is 10.4 Å². The van der Waals surface area contributed by atoms with Crippen molar-refractivity contribution >= 4 is 26.7 Å². The highest BCUT2D eigenvalue weighted by Crippen LogP contribution is 2.28. The zero-order chi connectivity index (χ0) is 19.0. The molecule has 7 nitrogen and oxygen atoms in total. The maximum atomic E-state index is 12.2. The number of aliphatic hydroxyl groups is 1. The number of nitrogens with zero attached hydrogens (tertiary/aromatic N) is 3. The summed E-state index contributed by atoms with van der Waals surface area (Å²) in [6.07, 6.45) is 7.58. The van der Waals surface area contributed by atoms with Crippen LogP contribution in [0.1, 0.15) is 25.7 Å². The van der Waals surface area contributed by atoms with Gasteiger partial charge in [-0.3, -0.25) is 4.57 Å². The topological polar surface area (TPSA) is 97.1 Å². The molecule has 1 aliphatic carbocycles. The molecule has 1 fully saturated rings. The first-order chi connectivity index (χ1) is 12.9. The smallest absolute Gasteiger partial charge is 0.224 e. The van der Waals surface area contributed by atoms with Gasteiger partial charge in [0, 0.05) is 30.1 Å². The van der Waals surface area contributed by atoms with Crippen molar-refractivity contribution < 1.29 is 13.5 Å². The Balaban J connectivity index is 1.70. The summed E-state index contributed by atoms with van der Waals surface area (Å²) in [6, 6.07) is 9.37. The molecule has 1 aliphatic rings. The van der Waals surface area contributed by atoms with Gasteiger partial charge in [0.1, 0.15) is 5.82 Å². The molecule has 0 amide bonds. The largest absolute Gasteiger partial charge is 0.393 e. The lowest BCUT2D eigenvalue weighted by atomic mass is 9.93. The fraction of sp³-hybridized carbons (Fsp3) is 0.368. The maximum absolute atomic E-state index is 12.2. The van der Waals surface area contributed by atoms with Crippen molar-refractivity contribution in [1.82, 2.24) is 14.5 Å². The molecule has 2 heterocycles. The van der Waals surface area contributed by atoms with Gasteiger partial charge in [-0.1, -0.05) is 18.2 Å². The van der Waals surface area contributed by atoms with Gasteiger partial charge in [0.05, 0.1) is 16.5 Å². The summed E-state index contributed by atoms with van der Waals surface area (Å²) in [5.74, 6) is 1.11. The highest BCUT2D eigenvalue weighted by molar-refractivity contribution is 7.91. The Morgan fingerprint density at radius 1 is 1.15 bits per heavy atom. The minimum atomic E-state index is -3.36. The van der Waals surface area contributed by atoms with Gasteiger partial charge in [0.15, 0.2) is 9.84 Å². The van der Waals surface area contributed by atoms with E-state index in [1.165, 1.54) is 6.26 Å². The average molecular weight is 386 g/mol. The SMILES string of the molecule is CS(=O)(=O)c1cn(-c2ccnc(NC3CCC(O)CC3)n2)c2ccccc12. The summed E-state index contributed by atoms with van der Waals surface area (Å²) in [7, 11) is -3.36. The van der Waals surface area contributed by atoms with Crippen molar-refractivity contribution in [3.63, 3.8) is 0 Å². The number of hydrogen-bond donors (Lipinski definition) is 2. The standard InChI is InChI=1S/C19H22N4O3S/c1-27(25,26)17-12-23(16-5-3-2-4-15(16)17)18-10-11-20-19(22-18)21-13-6-8-14(24)9-7-13/h2-5,10-14,24H,6-9H2,1H3,(H,20,21,22). The van der Waals surface area contributed by atoms with Gasteiger partial charge in [-0.05, 0) is 37.8 Å². The number of anilines is 1. The molecular formula is C19H22N4O3S. The Labute approximate surface area is 158 Å². The fourth-order valence-electron chi connectivity index (χ4n) is 3.59. The molecule has 1 aromatic carbocycles. The van der Waals surface area contributed by atoms with Crippen molar-refractivity contribution in [2.24, 2.45) is 0 Å². The van der Waals surface area contributed by atoms with Crippen molar-refractivity contribution in [3.8, 4) is 5.82 Å². The molecule has 27 heavy (non-hydrogen) atoms. The summed E-state index contributed by atoms with van der Waals surface area (Å²) >= 11 is 0. The van der Waals surface area contributed by atoms with Crippen LogP contribution in [0.25, 0.3) is 16.7 Å². The summed E-state index contributed by atoms with van der Waals surface area (Å²) in [5.41, 5.74) is 0.781. The van der Waals surface area contributed by atoms with E-state index in [9.17, 15) is 13.5 Å². The van der Waals surface area contributed by atoms with Crippen molar-refractivity contribution in [2.45, 2.75) is 42.7 Å². The Kier molecular flexibility index (Phi) is 4.61. The van der Waals surface area contributed by atoms with Gasteiger partial charge in [0.25, 0.3) is 0 Å². The Morgan fingerprint density at radius 3 is 2.63 bits per heavy atom. The first-order valence-electron chi connectivity index (χ1n) is 9.00. The number of rotatable bonds is 4. The van der Waals surface area contributed by atoms with E-state index in [1.807, 2.05) is 18.2 Å². The Bertz CT molecular complexity index is 1070. The molecule has 8 heteroatoms. The third-order valence-corrected chi connectivity index (χ3v) is 6.12. The number of sulfone groups is 1. The molecule has 0 aliphatic heterocycles. The van der Waals surface area contributed by atoms with Crippen LogP contribution in [-0.2, 0) is 9.84 Å². The highest BCUT2D eigenvalue weighted by atomic mass is 32.2. The predicted molar refractivity (Wildman–Crippen MR) is 104 cm³/mol. The molecule has 4 rings (SSSR count).